The zero-order valence-corrected chi connectivity index (χ0v) is 10.0. The maximum Gasteiger partial charge on any atom is 0.0615 e. The van der Waals surface area contributed by atoms with Crippen LogP contribution in [0.1, 0.15) is 26.7 Å². The summed E-state index contributed by atoms with van der Waals surface area (Å²) in [6.45, 7) is 7.00. The molecule has 0 bridgehead atoms. The predicted octanol–water partition coefficient (Wildman–Crippen LogP) is 1.67. The lowest BCUT2D eigenvalue weighted by Crippen LogP contribution is -2.36. The van der Waals surface area contributed by atoms with Gasteiger partial charge in [-0.3, -0.25) is 0 Å². The number of nitrogens with one attached hydrogen (secondary N) is 1. The van der Waals surface area contributed by atoms with E-state index in [1.165, 1.54) is 12.8 Å². The predicted molar refractivity (Wildman–Crippen MR) is 59.6 cm³/mol. The monoisotopic (exact) mass is 203 g/mol. The van der Waals surface area contributed by atoms with Gasteiger partial charge in [0.05, 0.1) is 6.61 Å². The summed E-state index contributed by atoms with van der Waals surface area (Å²) in [5.74, 6) is 0.566. The number of hydrogen-bond acceptors (Lipinski definition) is 3. The second-order valence-electron chi connectivity index (χ2n) is 3.91. The van der Waals surface area contributed by atoms with Crippen LogP contribution < -0.4 is 5.32 Å². The first-order valence-electron chi connectivity index (χ1n) is 5.45. The molecule has 0 aromatic carbocycles. The van der Waals surface area contributed by atoms with Crippen molar-refractivity contribution in [3.8, 4) is 0 Å². The highest BCUT2D eigenvalue weighted by Crippen LogP contribution is 1.99. The molecule has 0 aliphatic heterocycles. The molecule has 0 spiro atoms. The van der Waals surface area contributed by atoms with Gasteiger partial charge in [-0.1, -0.05) is 20.3 Å². The van der Waals surface area contributed by atoms with E-state index < -0.39 is 0 Å². The standard InChI is InChI=1S/C11H25NO2/c1-5-6-11(9-14-4)12-7-10(2)8-13-3/h10-12H,5-9H2,1-4H3. The number of rotatable bonds is 9. The molecular weight excluding hydrogens is 178 g/mol. The van der Waals surface area contributed by atoms with Gasteiger partial charge >= 0.3 is 0 Å². The SMILES string of the molecule is CCCC(COC)NCC(C)COC. The Labute approximate surface area is 88.2 Å². The van der Waals surface area contributed by atoms with E-state index in [4.69, 9.17) is 9.47 Å². The van der Waals surface area contributed by atoms with E-state index in [-0.39, 0.29) is 0 Å². The Bertz CT molecular complexity index is 114. The number of ether oxygens (including phenoxy) is 2. The average Bonchev–Trinajstić information content (AvgIpc) is 2.15. The minimum absolute atomic E-state index is 0.490. The second-order valence-corrected chi connectivity index (χ2v) is 3.91. The van der Waals surface area contributed by atoms with Crippen molar-refractivity contribution in [1.29, 1.82) is 0 Å². The summed E-state index contributed by atoms with van der Waals surface area (Å²) in [5.41, 5.74) is 0. The summed E-state index contributed by atoms with van der Waals surface area (Å²) in [6, 6.07) is 0.490. The van der Waals surface area contributed by atoms with Crippen molar-refractivity contribution in [2.75, 3.05) is 34.0 Å². The second kappa shape index (κ2) is 9.44. The molecule has 0 aliphatic rings. The Balaban J connectivity index is 3.57. The summed E-state index contributed by atoms with van der Waals surface area (Å²) in [5, 5.41) is 3.50. The third-order valence-electron chi connectivity index (χ3n) is 2.21. The lowest BCUT2D eigenvalue weighted by molar-refractivity contribution is 0.139. The van der Waals surface area contributed by atoms with Crippen LogP contribution in [-0.2, 0) is 9.47 Å². The van der Waals surface area contributed by atoms with Crippen molar-refractivity contribution in [3.05, 3.63) is 0 Å². The van der Waals surface area contributed by atoms with Crippen LogP contribution in [-0.4, -0.2) is 40.0 Å². The van der Waals surface area contributed by atoms with Gasteiger partial charge in [0.1, 0.15) is 0 Å². The third-order valence-corrected chi connectivity index (χ3v) is 2.21. The van der Waals surface area contributed by atoms with Crippen molar-refractivity contribution in [2.45, 2.75) is 32.7 Å². The van der Waals surface area contributed by atoms with E-state index in [9.17, 15) is 0 Å². The summed E-state index contributed by atoms with van der Waals surface area (Å²) in [4.78, 5) is 0. The van der Waals surface area contributed by atoms with E-state index in [1.807, 2.05) is 0 Å². The van der Waals surface area contributed by atoms with Crippen LogP contribution in [0.15, 0.2) is 0 Å². The normalized spacial score (nSPS) is 15.4. The van der Waals surface area contributed by atoms with Crippen LogP contribution in [0.25, 0.3) is 0 Å². The van der Waals surface area contributed by atoms with Gasteiger partial charge in [-0.05, 0) is 12.3 Å². The Hall–Kier alpha value is -0.120. The molecule has 0 radical (unpaired) electrons. The Kier molecular flexibility index (Phi) is 9.35. The van der Waals surface area contributed by atoms with Gasteiger partial charge < -0.3 is 14.8 Å². The maximum absolute atomic E-state index is 5.16. The molecule has 2 unspecified atom stereocenters. The lowest BCUT2D eigenvalue weighted by atomic mass is 10.1. The fourth-order valence-corrected chi connectivity index (χ4v) is 1.51. The van der Waals surface area contributed by atoms with Gasteiger partial charge in [-0.25, -0.2) is 0 Å². The van der Waals surface area contributed by atoms with Crippen LogP contribution in [0.4, 0.5) is 0 Å². The molecule has 0 amide bonds. The van der Waals surface area contributed by atoms with Crippen LogP contribution in [0.5, 0.6) is 0 Å². The number of methoxy groups -OCH3 is 2. The highest BCUT2D eigenvalue weighted by molar-refractivity contribution is 4.67. The Morgan fingerprint density at radius 1 is 1.14 bits per heavy atom. The Morgan fingerprint density at radius 2 is 1.79 bits per heavy atom. The minimum atomic E-state index is 0.490. The van der Waals surface area contributed by atoms with Crippen molar-refractivity contribution < 1.29 is 9.47 Å². The molecule has 0 rings (SSSR count). The highest BCUT2D eigenvalue weighted by Gasteiger charge is 2.08. The first kappa shape index (κ1) is 13.9. The van der Waals surface area contributed by atoms with Crippen LogP contribution in [0, 0.1) is 5.92 Å². The van der Waals surface area contributed by atoms with Crippen LogP contribution in [0.2, 0.25) is 0 Å². The highest BCUT2D eigenvalue weighted by atomic mass is 16.5. The average molecular weight is 203 g/mol. The fraction of sp³-hybridized carbons (Fsp3) is 1.00. The molecule has 0 heterocycles. The summed E-state index contributed by atoms with van der Waals surface area (Å²) >= 11 is 0. The lowest BCUT2D eigenvalue weighted by Gasteiger charge is -2.19. The molecule has 3 nitrogen and oxygen atoms in total. The molecule has 0 saturated carbocycles. The van der Waals surface area contributed by atoms with Crippen molar-refractivity contribution in [2.24, 2.45) is 5.92 Å². The smallest absolute Gasteiger partial charge is 0.0615 e. The summed E-state index contributed by atoms with van der Waals surface area (Å²) in [7, 11) is 3.50. The van der Waals surface area contributed by atoms with Gasteiger partial charge in [0, 0.05) is 33.4 Å². The van der Waals surface area contributed by atoms with Crippen molar-refractivity contribution >= 4 is 0 Å². The minimum Gasteiger partial charge on any atom is -0.384 e. The van der Waals surface area contributed by atoms with Gasteiger partial charge in [-0.15, -0.1) is 0 Å². The zero-order chi connectivity index (χ0) is 10.8. The fourth-order valence-electron chi connectivity index (χ4n) is 1.51. The maximum atomic E-state index is 5.16. The van der Waals surface area contributed by atoms with Crippen LogP contribution in [0.3, 0.4) is 0 Å². The van der Waals surface area contributed by atoms with E-state index in [0.29, 0.717) is 12.0 Å². The van der Waals surface area contributed by atoms with Crippen molar-refractivity contribution in [1.82, 2.24) is 5.32 Å². The van der Waals surface area contributed by atoms with Gasteiger partial charge in [0.15, 0.2) is 0 Å². The van der Waals surface area contributed by atoms with E-state index in [1.54, 1.807) is 14.2 Å². The summed E-state index contributed by atoms with van der Waals surface area (Å²) < 4.78 is 10.2. The molecule has 0 aliphatic carbocycles. The number of hydrogen-bond donors (Lipinski definition) is 1. The molecule has 0 saturated heterocycles. The zero-order valence-electron chi connectivity index (χ0n) is 10.0. The summed E-state index contributed by atoms with van der Waals surface area (Å²) in [6.07, 6.45) is 2.37. The molecule has 14 heavy (non-hydrogen) atoms. The van der Waals surface area contributed by atoms with Crippen molar-refractivity contribution in [3.63, 3.8) is 0 Å². The molecule has 86 valence electrons. The third kappa shape index (κ3) is 7.30. The first-order valence-corrected chi connectivity index (χ1v) is 5.45. The van der Waals surface area contributed by atoms with Gasteiger partial charge in [-0.2, -0.15) is 0 Å². The van der Waals surface area contributed by atoms with E-state index >= 15 is 0 Å². The van der Waals surface area contributed by atoms with E-state index in [2.05, 4.69) is 19.2 Å². The molecule has 1 N–H and O–H groups in total. The topological polar surface area (TPSA) is 30.5 Å². The molecule has 3 heteroatoms. The van der Waals surface area contributed by atoms with Gasteiger partial charge in [0.25, 0.3) is 0 Å². The molecule has 2 atom stereocenters. The molecule has 0 aromatic heterocycles. The molecule has 0 fully saturated rings. The van der Waals surface area contributed by atoms with E-state index in [0.717, 1.165) is 19.8 Å². The molecule has 0 aromatic rings. The Morgan fingerprint density at radius 3 is 2.29 bits per heavy atom. The van der Waals surface area contributed by atoms with Gasteiger partial charge in [0.2, 0.25) is 0 Å². The quantitative estimate of drug-likeness (QED) is 0.618. The largest absolute Gasteiger partial charge is 0.384 e. The van der Waals surface area contributed by atoms with Crippen LogP contribution >= 0.6 is 0 Å². The first-order chi connectivity index (χ1) is 6.74. The molecular formula is C11H25NO2.